The number of anilines is 1. The Balaban J connectivity index is 2.23. The first-order chi connectivity index (χ1) is 8.97. The maximum atomic E-state index is 11.0. The van der Waals surface area contributed by atoms with Crippen LogP contribution in [-0.4, -0.2) is 4.92 Å². The molecule has 0 radical (unpaired) electrons. The van der Waals surface area contributed by atoms with Crippen LogP contribution in [0.25, 0.3) is 0 Å². The van der Waals surface area contributed by atoms with E-state index >= 15 is 0 Å². The second kappa shape index (κ2) is 5.59. The van der Waals surface area contributed by atoms with Crippen LogP contribution >= 0.6 is 22.9 Å². The fraction of sp³-hybridized carbons (Fsp3) is 0.231. The molecule has 1 N–H and O–H groups in total. The second-order valence-electron chi connectivity index (χ2n) is 4.30. The highest BCUT2D eigenvalue weighted by molar-refractivity contribution is 7.10. The summed E-state index contributed by atoms with van der Waals surface area (Å²) in [5.74, 6) is 0. The number of rotatable bonds is 4. The van der Waals surface area contributed by atoms with Crippen molar-refractivity contribution in [3.8, 4) is 0 Å². The summed E-state index contributed by atoms with van der Waals surface area (Å²) in [5.41, 5.74) is 2.58. The Hall–Kier alpha value is -1.59. The standard InChI is InChI=1S/C13H13ClN2O2S/c1-8-3-12(13(16(17)18)4-9(8)2)15-6-11-5-10(14)7-19-11/h3-5,7,15H,6H2,1-2H3. The van der Waals surface area contributed by atoms with Gasteiger partial charge in [0, 0.05) is 22.9 Å². The molecule has 19 heavy (non-hydrogen) atoms. The molecule has 0 aliphatic heterocycles. The molecule has 100 valence electrons. The molecule has 0 fully saturated rings. The quantitative estimate of drug-likeness (QED) is 0.665. The fourth-order valence-corrected chi connectivity index (χ4v) is 2.73. The molecule has 1 aromatic carbocycles. The van der Waals surface area contributed by atoms with Crippen LogP contribution in [0.3, 0.4) is 0 Å². The molecule has 0 unspecified atom stereocenters. The summed E-state index contributed by atoms with van der Waals surface area (Å²) in [4.78, 5) is 11.7. The minimum atomic E-state index is -0.365. The van der Waals surface area contributed by atoms with Gasteiger partial charge in [0.15, 0.2) is 0 Å². The number of thiophene rings is 1. The minimum absolute atomic E-state index is 0.103. The Kier molecular flexibility index (Phi) is 4.07. The molecule has 1 aromatic heterocycles. The van der Waals surface area contributed by atoms with Gasteiger partial charge in [-0.15, -0.1) is 11.3 Å². The van der Waals surface area contributed by atoms with Crippen LogP contribution in [-0.2, 0) is 6.54 Å². The molecule has 0 aliphatic rings. The molecular weight excluding hydrogens is 284 g/mol. The first-order valence-electron chi connectivity index (χ1n) is 5.70. The fourth-order valence-electron chi connectivity index (χ4n) is 1.72. The summed E-state index contributed by atoms with van der Waals surface area (Å²) in [5, 5.41) is 16.7. The van der Waals surface area contributed by atoms with Crippen molar-refractivity contribution in [1.82, 2.24) is 0 Å². The van der Waals surface area contributed by atoms with Gasteiger partial charge in [-0.25, -0.2) is 0 Å². The molecule has 4 nitrogen and oxygen atoms in total. The van der Waals surface area contributed by atoms with Gasteiger partial charge in [-0.05, 0) is 37.1 Å². The van der Waals surface area contributed by atoms with Crippen molar-refractivity contribution in [2.45, 2.75) is 20.4 Å². The smallest absolute Gasteiger partial charge is 0.292 e. The normalized spacial score (nSPS) is 10.5. The summed E-state index contributed by atoms with van der Waals surface area (Å²) in [6.45, 7) is 4.33. The Morgan fingerprint density at radius 2 is 2.00 bits per heavy atom. The lowest BCUT2D eigenvalue weighted by Crippen LogP contribution is -2.02. The molecule has 2 rings (SSSR count). The van der Waals surface area contributed by atoms with E-state index in [0.29, 0.717) is 17.3 Å². The molecule has 0 saturated carbocycles. The molecular formula is C13H13ClN2O2S. The summed E-state index contributed by atoms with van der Waals surface area (Å²) in [6, 6.07) is 5.26. The van der Waals surface area contributed by atoms with Gasteiger partial charge in [-0.3, -0.25) is 10.1 Å². The number of hydrogen-bond donors (Lipinski definition) is 1. The van der Waals surface area contributed by atoms with Crippen LogP contribution in [0.2, 0.25) is 5.02 Å². The average molecular weight is 297 g/mol. The monoisotopic (exact) mass is 296 g/mol. The Morgan fingerprint density at radius 3 is 2.58 bits per heavy atom. The van der Waals surface area contributed by atoms with E-state index < -0.39 is 0 Å². The van der Waals surface area contributed by atoms with Crippen LogP contribution in [0.5, 0.6) is 0 Å². The highest BCUT2D eigenvalue weighted by Gasteiger charge is 2.15. The zero-order valence-corrected chi connectivity index (χ0v) is 12.1. The van der Waals surface area contributed by atoms with Crippen molar-refractivity contribution in [3.63, 3.8) is 0 Å². The van der Waals surface area contributed by atoms with Gasteiger partial charge in [0.05, 0.1) is 9.95 Å². The van der Waals surface area contributed by atoms with Crippen LogP contribution in [0.1, 0.15) is 16.0 Å². The lowest BCUT2D eigenvalue weighted by molar-refractivity contribution is -0.384. The molecule has 0 amide bonds. The molecule has 0 bridgehead atoms. The van der Waals surface area contributed by atoms with E-state index in [9.17, 15) is 10.1 Å². The second-order valence-corrected chi connectivity index (χ2v) is 5.73. The van der Waals surface area contributed by atoms with Crippen molar-refractivity contribution >= 4 is 34.3 Å². The van der Waals surface area contributed by atoms with Crippen molar-refractivity contribution < 1.29 is 4.92 Å². The lowest BCUT2D eigenvalue weighted by Gasteiger charge is -2.08. The average Bonchev–Trinajstić information content (AvgIpc) is 2.76. The minimum Gasteiger partial charge on any atom is -0.375 e. The van der Waals surface area contributed by atoms with E-state index in [0.717, 1.165) is 16.0 Å². The number of aryl methyl sites for hydroxylation is 2. The number of nitro groups is 1. The van der Waals surface area contributed by atoms with E-state index in [1.807, 2.05) is 31.4 Å². The van der Waals surface area contributed by atoms with Gasteiger partial charge in [-0.1, -0.05) is 11.6 Å². The first kappa shape index (κ1) is 13.8. The van der Waals surface area contributed by atoms with Crippen LogP contribution < -0.4 is 5.32 Å². The first-order valence-corrected chi connectivity index (χ1v) is 6.95. The molecule has 0 atom stereocenters. The van der Waals surface area contributed by atoms with E-state index in [2.05, 4.69) is 5.32 Å². The molecule has 1 heterocycles. The number of benzene rings is 1. The zero-order valence-electron chi connectivity index (χ0n) is 10.6. The highest BCUT2D eigenvalue weighted by atomic mass is 35.5. The van der Waals surface area contributed by atoms with E-state index in [1.54, 1.807) is 6.07 Å². The van der Waals surface area contributed by atoms with Crippen LogP contribution in [0.15, 0.2) is 23.6 Å². The summed E-state index contributed by atoms with van der Waals surface area (Å²) in [7, 11) is 0. The lowest BCUT2D eigenvalue weighted by atomic mass is 10.1. The zero-order chi connectivity index (χ0) is 14.0. The molecule has 0 aliphatic carbocycles. The third-order valence-corrected chi connectivity index (χ3v) is 4.17. The number of nitrogens with zero attached hydrogens (tertiary/aromatic N) is 1. The summed E-state index contributed by atoms with van der Waals surface area (Å²) >= 11 is 7.37. The van der Waals surface area contributed by atoms with E-state index in [-0.39, 0.29) is 10.6 Å². The molecule has 6 heteroatoms. The maximum Gasteiger partial charge on any atom is 0.292 e. The Labute approximate surface area is 120 Å². The number of nitro benzene ring substituents is 1. The van der Waals surface area contributed by atoms with Crippen LogP contribution in [0.4, 0.5) is 11.4 Å². The number of halogens is 1. The van der Waals surface area contributed by atoms with Gasteiger partial charge in [0.2, 0.25) is 0 Å². The third-order valence-electron chi connectivity index (χ3n) is 2.88. The predicted octanol–water partition coefficient (Wildman–Crippen LogP) is 4.54. The van der Waals surface area contributed by atoms with E-state index in [4.69, 9.17) is 11.6 Å². The number of hydrogen-bond acceptors (Lipinski definition) is 4. The van der Waals surface area contributed by atoms with Crippen LogP contribution in [0, 0.1) is 24.0 Å². The third kappa shape index (κ3) is 3.24. The number of nitrogens with one attached hydrogen (secondary N) is 1. The SMILES string of the molecule is Cc1cc(NCc2cc(Cl)cs2)c([N+](=O)[O-])cc1C. The van der Waals surface area contributed by atoms with Crippen molar-refractivity contribution in [2.24, 2.45) is 0 Å². The Morgan fingerprint density at radius 1 is 1.32 bits per heavy atom. The topological polar surface area (TPSA) is 55.2 Å². The maximum absolute atomic E-state index is 11.0. The van der Waals surface area contributed by atoms with Gasteiger partial charge in [0.25, 0.3) is 5.69 Å². The summed E-state index contributed by atoms with van der Waals surface area (Å²) in [6.07, 6.45) is 0. The van der Waals surface area contributed by atoms with Crippen molar-refractivity contribution in [2.75, 3.05) is 5.32 Å². The Bertz CT molecular complexity index is 625. The van der Waals surface area contributed by atoms with Gasteiger partial charge in [0.1, 0.15) is 5.69 Å². The molecule has 2 aromatic rings. The largest absolute Gasteiger partial charge is 0.375 e. The van der Waals surface area contributed by atoms with Crippen molar-refractivity contribution in [1.29, 1.82) is 0 Å². The van der Waals surface area contributed by atoms with E-state index in [1.165, 1.54) is 11.3 Å². The van der Waals surface area contributed by atoms with Gasteiger partial charge < -0.3 is 5.32 Å². The van der Waals surface area contributed by atoms with Crippen molar-refractivity contribution in [3.05, 3.63) is 54.7 Å². The van der Waals surface area contributed by atoms with Gasteiger partial charge >= 0.3 is 0 Å². The van der Waals surface area contributed by atoms with Gasteiger partial charge in [-0.2, -0.15) is 0 Å². The molecule has 0 spiro atoms. The predicted molar refractivity (Wildman–Crippen MR) is 79.2 cm³/mol. The summed E-state index contributed by atoms with van der Waals surface area (Å²) < 4.78 is 0. The highest BCUT2D eigenvalue weighted by Crippen LogP contribution is 2.29. The molecule has 0 saturated heterocycles.